The van der Waals surface area contributed by atoms with Crippen molar-refractivity contribution >= 4 is 26.7 Å². The number of anilines is 1. The zero-order chi connectivity index (χ0) is 15.7. The molecule has 0 radical (unpaired) electrons. The number of halogens is 1. The SMILES string of the molecule is CN(c1cccc(F)c1)S(=O)(=O)Cc1noc2ccccc12. The van der Waals surface area contributed by atoms with E-state index in [0.29, 0.717) is 16.7 Å². The lowest BCUT2D eigenvalue weighted by Crippen LogP contribution is -2.28. The van der Waals surface area contributed by atoms with E-state index in [-0.39, 0.29) is 11.4 Å². The van der Waals surface area contributed by atoms with Gasteiger partial charge in [-0.25, -0.2) is 12.8 Å². The van der Waals surface area contributed by atoms with E-state index in [0.717, 1.165) is 4.31 Å². The molecule has 0 atom stereocenters. The first-order valence-corrected chi connectivity index (χ1v) is 8.14. The van der Waals surface area contributed by atoms with Gasteiger partial charge in [-0.3, -0.25) is 4.31 Å². The normalized spacial score (nSPS) is 11.7. The molecule has 0 spiro atoms. The zero-order valence-electron chi connectivity index (χ0n) is 11.7. The maximum absolute atomic E-state index is 13.3. The Morgan fingerprint density at radius 3 is 2.73 bits per heavy atom. The van der Waals surface area contributed by atoms with Crippen LogP contribution in [0.4, 0.5) is 10.1 Å². The van der Waals surface area contributed by atoms with Crippen molar-refractivity contribution in [2.75, 3.05) is 11.4 Å². The lowest BCUT2D eigenvalue weighted by Gasteiger charge is -2.18. The molecule has 2 aromatic carbocycles. The highest BCUT2D eigenvalue weighted by Gasteiger charge is 2.23. The molecule has 0 saturated heterocycles. The summed E-state index contributed by atoms with van der Waals surface area (Å²) in [5, 5.41) is 4.47. The highest BCUT2D eigenvalue weighted by atomic mass is 32.2. The van der Waals surface area contributed by atoms with Crippen LogP contribution in [0.2, 0.25) is 0 Å². The highest BCUT2D eigenvalue weighted by molar-refractivity contribution is 7.92. The quantitative estimate of drug-likeness (QED) is 0.741. The zero-order valence-corrected chi connectivity index (χ0v) is 12.5. The number of fused-ring (bicyclic) bond motifs is 1. The molecule has 3 rings (SSSR count). The van der Waals surface area contributed by atoms with Crippen LogP contribution in [0.5, 0.6) is 0 Å². The third-order valence-electron chi connectivity index (χ3n) is 3.36. The van der Waals surface area contributed by atoms with Crippen molar-refractivity contribution in [3.63, 3.8) is 0 Å². The van der Waals surface area contributed by atoms with Crippen LogP contribution < -0.4 is 4.31 Å². The highest BCUT2D eigenvalue weighted by Crippen LogP contribution is 2.23. The Hall–Kier alpha value is -2.41. The number of nitrogens with zero attached hydrogens (tertiary/aromatic N) is 2. The minimum Gasteiger partial charge on any atom is -0.356 e. The first-order valence-electron chi connectivity index (χ1n) is 6.53. The van der Waals surface area contributed by atoms with Crippen LogP contribution in [0.1, 0.15) is 5.69 Å². The van der Waals surface area contributed by atoms with Crippen LogP contribution in [0.25, 0.3) is 11.0 Å². The Morgan fingerprint density at radius 2 is 1.95 bits per heavy atom. The second-order valence-corrected chi connectivity index (χ2v) is 6.83. The molecule has 114 valence electrons. The number of benzene rings is 2. The molecule has 3 aromatic rings. The number of hydrogen-bond donors (Lipinski definition) is 0. The van der Waals surface area contributed by atoms with Gasteiger partial charge in [-0.15, -0.1) is 0 Å². The van der Waals surface area contributed by atoms with Crippen molar-refractivity contribution < 1.29 is 17.3 Å². The second-order valence-electron chi connectivity index (χ2n) is 4.83. The van der Waals surface area contributed by atoms with Crippen molar-refractivity contribution in [1.29, 1.82) is 0 Å². The number of aromatic nitrogens is 1. The number of sulfonamides is 1. The van der Waals surface area contributed by atoms with Crippen LogP contribution in [-0.2, 0) is 15.8 Å². The Balaban J connectivity index is 1.93. The van der Waals surface area contributed by atoms with Gasteiger partial charge < -0.3 is 4.52 Å². The molecule has 0 unspecified atom stereocenters. The van der Waals surface area contributed by atoms with Crippen molar-refractivity contribution in [3.05, 3.63) is 60.0 Å². The summed E-state index contributed by atoms with van der Waals surface area (Å²) in [6.07, 6.45) is 0. The minimum atomic E-state index is -3.70. The van der Waals surface area contributed by atoms with E-state index in [9.17, 15) is 12.8 Å². The van der Waals surface area contributed by atoms with Crippen molar-refractivity contribution in [1.82, 2.24) is 5.16 Å². The molecular weight excluding hydrogens is 307 g/mol. The lowest BCUT2D eigenvalue weighted by atomic mass is 10.2. The van der Waals surface area contributed by atoms with Gasteiger partial charge in [0.1, 0.15) is 17.3 Å². The Morgan fingerprint density at radius 1 is 1.18 bits per heavy atom. The molecule has 5 nitrogen and oxygen atoms in total. The Bertz CT molecular complexity index is 921. The summed E-state index contributed by atoms with van der Waals surface area (Å²) in [6.45, 7) is 0. The monoisotopic (exact) mass is 320 g/mol. The van der Waals surface area contributed by atoms with Crippen molar-refractivity contribution in [2.24, 2.45) is 0 Å². The maximum Gasteiger partial charge on any atom is 0.240 e. The first kappa shape index (κ1) is 14.5. The molecule has 0 amide bonds. The number of rotatable bonds is 4. The standard InChI is InChI=1S/C15H13FN2O3S/c1-18(12-6-4-5-11(16)9-12)22(19,20)10-14-13-7-2-3-8-15(13)21-17-14/h2-9H,10H2,1H3. The van der Waals surface area contributed by atoms with Crippen molar-refractivity contribution in [3.8, 4) is 0 Å². The second kappa shape index (κ2) is 5.42. The Kier molecular flexibility index (Phi) is 3.58. The average molecular weight is 320 g/mol. The summed E-state index contributed by atoms with van der Waals surface area (Å²) in [6, 6.07) is 12.4. The van der Waals surface area contributed by atoms with E-state index in [1.165, 1.54) is 31.3 Å². The molecule has 1 aromatic heterocycles. The van der Waals surface area contributed by atoms with Crippen LogP contribution in [-0.4, -0.2) is 20.6 Å². The average Bonchev–Trinajstić information content (AvgIpc) is 2.89. The molecule has 0 fully saturated rings. The number of hydrogen-bond acceptors (Lipinski definition) is 4. The predicted molar refractivity (Wildman–Crippen MR) is 81.4 cm³/mol. The molecule has 0 bridgehead atoms. The smallest absolute Gasteiger partial charge is 0.240 e. The van der Waals surface area contributed by atoms with E-state index in [1.807, 2.05) is 0 Å². The van der Waals surface area contributed by atoms with Crippen LogP contribution >= 0.6 is 0 Å². The van der Waals surface area contributed by atoms with Gasteiger partial charge in [0.15, 0.2) is 5.58 Å². The van der Waals surface area contributed by atoms with Gasteiger partial charge in [0.2, 0.25) is 10.0 Å². The van der Waals surface area contributed by atoms with Gasteiger partial charge in [-0.05, 0) is 30.3 Å². The summed E-state index contributed by atoms with van der Waals surface area (Å²) < 4.78 is 44.4. The molecule has 0 N–H and O–H groups in total. The predicted octanol–water partition coefficient (Wildman–Crippen LogP) is 2.93. The summed E-state index contributed by atoms with van der Waals surface area (Å²) in [4.78, 5) is 0. The summed E-state index contributed by atoms with van der Waals surface area (Å²) in [5.74, 6) is -0.816. The summed E-state index contributed by atoms with van der Waals surface area (Å²) in [5.41, 5.74) is 1.12. The fourth-order valence-electron chi connectivity index (χ4n) is 2.14. The molecule has 1 heterocycles. The van der Waals surface area contributed by atoms with E-state index in [2.05, 4.69) is 5.16 Å². The van der Waals surface area contributed by atoms with Gasteiger partial charge in [-0.1, -0.05) is 23.4 Å². The first-order chi connectivity index (χ1) is 10.5. The lowest BCUT2D eigenvalue weighted by molar-refractivity contribution is 0.448. The molecule has 0 aliphatic heterocycles. The minimum absolute atomic E-state index is 0.257. The molecule has 0 aliphatic rings. The summed E-state index contributed by atoms with van der Waals surface area (Å²) >= 11 is 0. The Labute approximate surface area is 127 Å². The fraction of sp³-hybridized carbons (Fsp3) is 0.133. The van der Waals surface area contributed by atoms with Gasteiger partial charge in [0.25, 0.3) is 0 Å². The largest absolute Gasteiger partial charge is 0.356 e. The maximum atomic E-state index is 13.3. The third-order valence-corrected chi connectivity index (χ3v) is 5.04. The van der Waals surface area contributed by atoms with Crippen LogP contribution in [0.15, 0.2) is 53.1 Å². The van der Waals surface area contributed by atoms with Gasteiger partial charge >= 0.3 is 0 Å². The van der Waals surface area contributed by atoms with Gasteiger partial charge in [0, 0.05) is 12.4 Å². The van der Waals surface area contributed by atoms with Crippen molar-refractivity contribution in [2.45, 2.75) is 5.75 Å². The molecule has 0 saturated carbocycles. The van der Waals surface area contributed by atoms with E-state index >= 15 is 0 Å². The van der Waals surface area contributed by atoms with Gasteiger partial charge in [-0.2, -0.15) is 0 Å². The molecular formula is C15H13FN2O3S. The van der Waals surface area contributed by atoms with E-state index < -0.39 is 15.8 Å². The third kappa shape index (κ3) is 2.67. The van der Waals surface area contributed by atoms with E-state index in [1.54, 1.807) is 24.3 Å². The fourth-order valence-corrected chi connectivity index (χ4v) is 3.33. The van der Waals surface area contributed by atoms with Gasteiger partial charge in [0.05, 0.1) is 5.69 Å². The van der Waals surface area contributed by atoms with Crippen LogP contribution in [0.3, 0.4) is 0 Å². The molecule has 7 heteroatoms. The summed E-state index contributed by atoms with van der Waals surface area (Å²) in [7, 11) is -2.32. The topological polar surface area (TPSA) is 63.4 Å². The molecule has 0 aliphatic carbocycles. The van der Waals surface area contributed by atoms with E-state index in [4.69, 9.17) is 4.52 Å². The number of para-hydroxylation sites is 1. The van der Waals surface area contributed by atoms with Crippen LogP contribution in [0, 0.1) is 5.82 Å². The molecule has 22 heavy (non-hydrogen) atoms.